The molecule has 0 fully saturated rings. The number of benzene rings is 1. The SMILES string of the molecule is Cc1nn(-c2ccccc2)c(Cl)c1COC(=O)c1cc2c(C)nn(C)c2s1. The minimum atomic E-state index is -0.376. The summed E-state index contributed by atoms with van der Waals surface area (Å²) in [7, 11) is 1.86. The number of rotatable bonds is 4. The molecule has 0 N–H and O–H groups in total. The lowest BCUT2D eigenvalue weighted by Crippen LogP contribution is -2.04. The number of aryl methyl sites for hydroxylation is 3. The predicted octanol–water partition coefficient (Wildman–Crippen LogP) is 4.45. The van der Waals surface area contributed by atoms with Crippen molar-refractivity contribution in [2.24, 2.45) is 7.05 Å². The number of hydrogen-bond acceptors (Lipinski definition) is 5. The zero-order valence-electron chi connectivity index (χ0n) is 15.1. The van der Waals surface area contributed by atoms with Crippen molar-refractivity contribution in [2.45, 2.75) is 20.5 Å². The van der Waals surface area contributed by atoms with E-state index >= 15 is 0 Å². The highest BCUT2D eigenvalue weighted by molar-refractivity contribution is 7.20. The summed E-state index contributed by atoms with van der Waals surface area (Å²) in [5.74, 6) is -0.376. The second-order valence-electron chi connectivity index (χ2n) is 6.22. The number of hydrogen-bond donors (Lipinski definition) is 0. The van der Waals surface area contributed by atoms with Crippen molar-refractivity contribution in [3.05, 3.63) is 63.4 Å². The molecule has 0 saturated heterocycles. The molecule has 0 aliphatic carbocycles. The van der Waals surface area contributed by atoms with Gasteiger partial charge in [0.05, 0.1) is 17.1 Å². The maximum absolute atomic E-state index is 12.5. The highest BCUT2D eigenvalue weighted by Gasteiger charge is 2.19. The first-order valence-electron chi connectivity index (χ1n) is 8.35. The van der Waals surface area contributed by atoms with Crippen molar-refractivity contribution in [2.75, 3.05) is 0 Å². The van der Waals surface area contributed by atoms with Gasteiger partial charge in [0, 0.05) is 18.0 Å². The number of esters is 1. The molecule has 0 atom stereocenters. The van der Waals surface area contributed by atoms with E-state index in [-0.39, 0.29) is 12.6 Å². The van der Waals surface area contributed by atoms with Gasteiger partial charge in [0.2, 0.25) is 0 Å². The summed E-state index contributed by atoms with van der Waals surface area (Å²) in [5.41, 5.74) is 3.18. The van der Waals surface area contributed by atoms with Crippen molar-refractivity contribution >= 4 is 39.1 Å². The zero-order chi connectivity index (χ0) is 19.1. The highest BCUT2D eigenvalue weighted by Crippen LogP contribution is 2.29. The van der Waals surface area contributed by atoms with Gasteiger partial charge in [-0.3, -0.25) is 4.68 Å². The summed E-state index contributed by atoms with van der Waals surface area (Å²) in [6, 6.07) is 11.4. The van der Waals surface area contributed by atoms with Crippen LogP contribution >= 0.6 is 22.9 Å². The van der Waals surface area contributed by atoms with Crippen LogP contribution < -0.4 is 0 Å². The third-order valence-corrected chi connectivity index (χ3v) is 5.94. The summed E-state index contributed by atoms with van der Waals surface area (Å²) >= 11 is 7.85. The Morgan fingerprint density at radius 2 is 1.93 bits per heavy atom. The van der Waals surface area contributed by atoms with E-state index in [9.17, 15) is 4.79 Å². The van der Waals surface area contributed by atoms with Crippen LogP contribution in [0, 0.1) is 13.8 Å². The molecule has 0 unspecified atom stereocenters. The van der Waals surface area contributed by atoms with Gasteiger partial charge in [0.15, 0.2) is 0 Å². The fourth-order valence-electron chi connectivity index (χ4n) is 2.95. The lowest BCUT2D eigenvalue weighted by Gasteiger charge is -2.04. The summed E-state index contributed by atoms with van der Waals surface area (Å²) < 4.78 is 8.93. The van der Waals surface area contributed by atoms with Gasteiger partial charge in [0.25, 0.3) is 0 Å². The van der Waals surface area contributed by atoms with Gasteiger partial charge in [-0.2, -0.15) is 10.2 Å². The fraction of sp³-hybridized carbons (Fsp3) is 0.211. The molecular formula is C19H17ClN4O2S. The molecule has 0 aliphatic heterocycles. The number of aromatic nitrogens is 4. The van der Waals surface area contributed by atoms with Gasteiger partial charge in [-0.1, -0.05) is 29.8 Å². The van der Waals surface area contributed by atoms with Gasteiger partial charge in [-0.05, 0) is 32.0 Å². The molecule has 8 heteroatoms. The van der Waals surface area contributed by atoms with Crippen LogP contribution in [0.4, 0.5) is 0 Å². The highest BCUT2D eigenvalue weighted by atomic mass is 35.5. The van der Waals surface area contributed by atoms with Crippen LogP contribution in [0.3, 0.4) is 0 Å². The monoisotopic (exact) mass is 400 g/mol. The molecule has 6 nitrogen and oxygen atoms in total. The summed E-state index contributed by atoms with van der Waals surface area (Å²) in [6.07, 6.45) is 0. The maximum Gasteiger partial charge on any atom is 0.348 e. The Balaban J connectivity index is 1.55. The molecule has 4 aromatic rings. The quantitative estimate of drug-likeness (QED) is 0.475. The third kappa shape index (κ3) is 3.13. The summed E-state index contributed by atoms with van der Waals surface area (Å²) in [6.45, 7) is 3.84. The van der Waals surface area contributed by atoms with Crippen molar-refractivity contribution in [3.63, 3.8) is 0 Å². The first-order valence-corrected chi connectivity index (χ1v) is 9.55. The molecule has 3 heterocycles. The van der Waals surface area contributed by atoms with Crippen LogP contribution in [0.25, 0.3) is 15.9 Å². The first-order chi connectivity index (χ1) is 13.0. The van der Waals surface area contributed by atoms with Crippen LogP contribution in [0.15, 0.2) is 36.4 Å². The molecule has 0 aliphatic rings. The van der Waals surface area contributed by atoms with Crippen molar-refractivity contribution in [1.82, 2.24) is 19.6 Å². The van der Waals surface area contributed by atoms with Crippen LogP contribution in [0.5, 0.6) is 0 Å². The number of ether oxygens (including phenoxy) is 1. The van der Waals surface area contributed by atoms with E-state index in [1.807, 2.05) is 57.3 Å². The lowest BCUT2D eigenvalue weighted by atomic mass is 10.3. The number of halogens is 1. The maximum atomic E-state index is 12.5. The molecule has 0 bridgehead atoms. The number of carbonyl (C=O) groups is 1. The van der Waals surface area contributed by atoms with Crippen LogP contribution in [0.1, 0.15) is 26.6 Å². The fourth-order valence-corrected chi connectivity index (χ4v) is 4.29. The van der Waals surface area contributed by atoms with E-state index in [2.05, 4.69) is 10.2 Å². The summed E-state index contributed by atoms with van der Waals surface area (Å²) in [5, 5.41) is 10.2. The van der Waals surface area contributed by atoms with Crippen molar-refractivity contribution < 1.29 is 9.53 Å². The molecule has 4 rings (SSSR count). The zero-order valence-corrected chi connectivity index (χ0v) is 16.6. The van der Waals surface area contributed by atoms with Crippen LogP contribution in [0.2, 0.25) is 5.15 Å². The molecule has 0 spiro atoms. The molecule has 0 amide bonds. The lowest BCUT2D eigenvalue weighted by molar-refractivity contribution is 0.0478. The number of carbonyl (C=O) groups excluding carboxylic acids is 1. The minimum absolute atomic E-state index is 0.0712. The van der Waals surface area contributed by atoms with Gasteiger partial charge >= 0.3 is 5.97 Å². The largest absolute Gasteiger partial charge is 0.456 e. The van der Waals surface area contributed by atoms with E-state index < -0.39 is 0 Å². The molecule has 3 aromatic heterocycles. The normalized spacial score (nSPS) is 11.3. The Morgan fingerprint density at radius 1 is 1.19 bits per heavy atom. The number of nitrogens with zero attached hydrogens (tertiary/aromatic N) is 4. The molecular weight excluding hydrogens is 384 g/mol. The van der Waals surface area contributed by atoms with Crippen LogP contribution in [-0.2, 0) is 18.4 Å². The predicted molar refractivity (Wildman–Crippen MR) is 106 cm³/mol. The average Bonchev–Trinajstić information content (AvgIpc) is 3.30. The van der Waals surface area contributed by atoms with Gasteiger partial charge < -0.3 is 4.74 Å². The Morgan fingerprint density at radius 3 is 2.63 bits per heavy atom. The van der Waals surface area contributed by atoms with Gasteiger partial charge in [-0.15, -0.1) is 11.3 Å². The minimum Gasteiger partial charge on any atom is -0.456 e. The number of thiophene rings is 1. The second-order valence-corrected chi connectivity index (χ2v) is 7.61. The molecule has 0 saturated carbocycles. The van der Waals surface area contributed by atoms with Crippen molar-refractivity contribution in [1.29, 1.82) is 0 Å². The number of para-hydroxylation sites is 1. The van der Waals surface area contributed by atoms with E-state index in [4.69, 9.17) is 16.3 Å². The Kier molecular flexibility index (Phi) is 4.49. The average molecular weight is 401 g/mol. The van der Waals surface area contributed by atoms with E-state index in [1.165, 1.54) is 11.3 Å². The van der Waals surface area contributed by atoms with Gasteiger partial charge in [0.1, 0.15) is 21.5 Å². The number of fused-ring (bicyclic) bond motifs is 1. The molecule has 138 valence electrons. The molecule has 0 radical (unpaired) electrons. The second kappa shape index (κ2) is 6.83. The third-order valence-electron chi connectivity index (χ3n) is 4.37. The first kappa shape index (κ1) is 17.8. The standard InChI is InChI=1S/C19H17ClN4O2S/c1-11-14-9-16(27-18(14)23(3)21-11)19(25)26-10-15-12(2)22-24(17(15)20)13-7-5-4-6-8-13/h4-9H,10H2,1-3H3. The molecule has 27 heavy (non-hydrogen) atoms. The molecule has 1 aromatic carbocycles. The summed E-state index contributed by atoms with van der Waals surface area (Å²) in [4.78, 5) is 14.0. The topological polar surface area (TPSA) is 61.9 Å². The van der Waals surface area contributed by atoms with Crippen LogP contribution in [-0.4, -0.2) is 25.5 Å². The van der Waals surface area contributed by atoms with E-state index in [0.717, 1.165) is 27.3 Å². The Hall–Kier alpha value is -2.64. The Labute approximate surface area is 164 Å². The van der Waals surface area contributed by atoms with Crippen molar-refractivity contribution in [3.8, 4) is 5.69 Å². The van der Waals surface area contributed by atoms with E-state index in [1.54, 1.807) is 9.36 Å². The smallest absolute Gasteiger partial charge is 0.348 e. The van der Waals surface area contributed by atoms with Gasteiger partial charge in [-0.25, -0.2) is 9.48 Å². The van der Waals surface area contributed by atoms with E-state index in [0.29, 0.717) is 15.6 Å². The Bertz CT molecular complexity index is 1110.